The molecule has 1 aromatic heterocycles. The minimum atomic E-state index is -0.634. The zero-order chi connectivity index (χ0) is 14.8. The maximum absolute atomic E-state index is 13.8. The zero-order valence-electron chi connectivity index (χ0n) is 10.7. The molecule has 3 N–H and O–H groups in total. The first kappa shape index (κ1) is 13.7. The van der Waals surface area contributed by atoms with Crippen molar-refractivity contribution >= 4 is 28.6 Å². The Kier molecular flexibility index (Phi) is 3.68. The first-order valence-corrected chi connectivity index (χ1v) is 6.85. The molecule has 0 aliphatic heterocycles. The summed E-state index contributed by atoms with van der Waals surface area (Å²) in [5.74, 6) is 4.33. The van der Waals surface area contributed by atoms with Crippen molar-refractivity contribution in [3.63, 3.8) is 0 Å². The van der Waals surface area contributed by atoms with Crippen LogP contribution in [0.5, 0.6) is 0 Å². The van der Waals surface area contributed by atoms with E-state index in [1.54, 1.807) is 0 Å². The molecule has 0 aliphatic rings. The van der Waals surface area contributed by atoms with Gasteiger partial charge in [0.05, 0.1) is 5.52 Å². The topological polar surface area (TPSA) is 63.8 Å². The number of benzene rings is 2. The zero-order valence-corrected chi connectivity index (χ0v) is 11.5. The molecule has 0 amide bonds. The van der Waals surface area contributed by atoms with Crippen LogP contribution in [0.2, 0.25) is 0 Å². The fourth-order valence-corrected chi connectivity index (χ4v) is 2.77. The van der Waals surface area contributed by atoms with Gasteiger partial charge in [-0.25, -0.2) is 24.6 Å². The highest BCUT2D eigenvalue weighted by molar-refractivity contribution is 7.99. The van der Waals surface area contributed by atoms with Crippen molar-refractivity contribution in [2.24, 2.45) is 5.84 Å². The minimum Gasteiger partial charge on any atom is -0.292 e. The normalized spacial score (nSPS) is 10.8. The molecule has 0 aliphatic carbocycles. The quantitative estimate of drug-likeness (QED) is 0.441. The summed E-state index contributed by atoms with van der Waals surface area (Å²) in [5, 5.41) is 1.31. The summed E-state index contributed by atoms with van der Waals surface area (Å²) in [6, 6.07) is 10.7. The van der Waals surface area contributed by atoms with Gasteiger partial charge in [0, 0.05) is 16.3 Å². The average Bonchev–Trinajstić information content (AvgIpc) is 2.49. The molecule has 1 heterocycles. The van der Waals surface area contributed by atoms with Crippen molar-refractivity contribution in [1.82, 2.24) is 9.97 Å². The van der Waals surface area contributed by atoms with Gasteiger partial charge in [-0.3, -0.25) is 5.43 Å². The van der Waals surface area contributed by atoms with Crippen molar-refractivity contribution in [3.8, 4) is 0 Å². The second-order valence-corrected chi connectivity index (χ2v) is 5.22. The van der Waals surface area contributed by atoms with E-state index in [9.17, 15) is 8.78 Å². The van der Waals surface area contributed by atoms with Gasteiger partial charge in [0.25, 0.3) is 0 Å². The minimum absolute atomic E-state index is 0.235. The Morgan fingerprint density at radius 3 is 2.62 bits per heavy atom. The molecule has 0 saturated carbocycles. The smallest absolute Gasteiger partial charge is 0.238 e. The van der Waals surface area contributed by atoms with Gasteiger partial charge in [0.2, 0.25) is 5.95 Å². The van der Waals surface area contributed by atoms with Crippen LogP contribution in [-0.2, 0) is 0 Å². The van der Waals surface area contributed by atoms with E-state index in [-0.39, 0.29) is 10.8 Å². The fraction of sp³-hybridized carbons (Fsp3) is 0. The number of nitrogens with zero attached hydrogens (tertiary/aromatic N) is 2. The highest BCUT2D eigenvalue weighted by Crippen LogP contribution is 2.33. The molecule has 106 valence electrons. The number of nitrogens with two attached hydrogens (primary N) is 1. The summed E-state index contributed by atoms with van der Waals surface area (Å²) in [4.78, 5) is 8.73. The lowest BCUT2D eigenvalue weighted by Crippen LogP contribution is -2.10. The third kappa shape index (κ3) is 2.79. The molecule has 0 radical (unpaired) electrons. The monoisotopic (exact) mass is 304 g/mol. The fourth-order valence-electron chi connectivity index (χ4n) is 1.85. The van der Waals surface area contributed by atoms with Crippen LogP contribution in [-0.4, -0.2) is 9.97 Å². The lowest BCUT2D eigenvalue weighted by molar-refractivity contribution is 0.565. The van der Waals surface area contributed by atoms with E-state index in [4.69, 9.17) is 5.84 Å². The number of nitrogen functional groups attached to an aromatic ring is 1. The number of rotatable bonds is 3. The highest BCUT2D eigenvalue weighted by atomic mass is 32.2. The number of fused-ring (bicyclic) bond motifs is 1. The van der Waals surface area contributed by atoms with E-state index < -0.39 is 11.6 Å². The summed E-state index contributed by atoms with van der Waals surface area (Å²) in [5.41, 5.74) is 3.07. The molecule has 0 atom stereocenters. The molecule has 0 unspecified atom stereocenters. The molecule has 0 fully saturated rings. The van der Waals surface area contributed by atoms with Crippen LogP contribution in [0, 0.1) is 11.6 Å². The van der Waals surface area contributed by atoms with Gasteiger partial charge in [-0.1, -0.05) is 30.0 Å². The molecule has 0 bridgehead atoms. The maximum Gasteiger partial charge on any atom is 0.238 e. The SMILES string of the molecule is NNc1nc(Sc2ccc(F)cc2F)c2ccccc2n1. The number of hydrogen-bond acceptors (Lipinski definition) is 5. The van der Waals surface area contributed by atoms with Gasteiger partial charge < -0.3 is 0 Å². The molecule has 4 nitrogen and oxygen atoms in total. The largest absolute Gasteiger partial charge is 0.292 e. The molecule has 21 heavy (non-hydrogen) atoms. The molecule has 2 aromatic carbocycles. The van der Waals surface area contributed by atoms with Crippen LogP contribution >= 0.6 is 11.8 Å². The maximum atomic E-state index is 13.8. The van der Waals surface area contributed by atoms with E-state index in [0.29, 0.717) is 10.5 Å². The Hall–Kier alpha value is -2.25. The third-order valence-electron chi connectivity index (χ3n) is 2.80. The lowest BCUT2D eigenvalue weighted by Gasteiger charge is -2.08. The van der Waals surface area contributed by atoms with E-state index in [1.807, 2.05) is 24.3 Å². The summed E-state index contributed by atoms with van der Waals surface area (Å²) in [7, 11) is 0. The van der Waals surface area contributed by atoms with Crippen LogP contribution in [0.4, 0.5) is 14.7 Å². The number of para-hydroxylation sites is 1. The summed E-state index contributed by atoms with van der Waals surface area (Å²) in [6.07, 6.45) is 0. The van der Waals surface area contributed by atoms with Crippen LogP contribution in [0.25, 0.3) is 10.9 Å². The van der Waals surface area contributed by atoms with Crippen molar-refractivity contribution < 1.29 is 8.78 Å². The number of hydrogen-bond donors (Lipinski definition) is 2. The van der Waals surface area contributed by atoms with Gasteiger partial charge >= 0.3 is 0 Å². The van der Waals surface area contributed by atoms with E-state index >= 15 is 0 Å². The number of nitrogens with one attached hydrogen (secondary N) is 1. The number of anilines is 1. The standard InChI is InChI=1S/C14H10F2N4S/c15-8-5-6-12(10(16)7-8)21-13-9-3-1-2-4-11(9)18-14(19-13)20-17/h1-7H,17H2,(H,18,19,20). The van der Waals surface area contributed by atoms with Gasteiger partial charge in [0.15, 0.2) is 0 Å². The molecular weight excluding hydrogens is 294 g/mol. The predicted molar refractivity (Wildman–Crippen MR) is 77.8 cm³/mol. The van der Waals surface area contributed by atoms with Gasteiger partial charge in [-0.15, -0.1) is 0 Å². The molecule has 3 rings (SSSR count). The molecule has 0 spiro atoms. The Balaban J connectivity index is 2.10. The Bertz CT molecular complexity index is 810. The van der Waals surface area contributed by atoms with Crippen LogP contribution in [0.1, 0.15) is 0 Å². The first-order valence-electron chi connectivity index (χ1n) is 6.03. The van der Waals surface area contributed by atoms with Crippen molar-refractivity contribution in [1.29, 1.82) is 0 Å². The van der Waals surface area contributed by atoms with Crippen LogP contribution in [0.15, 0.2) is 52.4 Å². The van der Waals surface area contributed by atoms with Crippen molar-refractivity contribution in [2.45, 2.75) is 9.92 Å². The molecule has 7 heteroatoms. The Morgan fingerprint density at radius 2 is 1.86 bits per heavy atom. The Morgan fingerprint density at radius 1 is 1.05 bits per heavy atom. The van der Waals surface area contributed by atoms with Crippen LogP contribution < -0.4 is 11.3 Å². The first-order chi connectivity index (χ1) is 10.2. The predicted octanol–water partition coefficient (Wildman–Crippen LogP) is 3.34. The van der Waals surface area contributed by atoms with Crippen molar-refractivity contribution in [2.75, 3.05) is 5.43 Å². The second-order valence-electron chi connectivity index (χ2n) is 4.19. The summed E-state index contributed by atoms with van der Waals surface area (Å²) < 4.78 is 26.7. The van der Waals surface area contributed by atoms with Crippen molar-refractivity contribution in [3.05, 3.63) is 54.1 Å². The summed E-state index contributed by atoms with van der Waals surface area (Å²) >= 11 is 1.09. The van der Waals surface area contributed by atoms with Gasteiger partial charge in [-0.2, -0.15) is 0 Å². The Labute approximate surface area is 123 Å². The van der Waals surface area contributed by atoms with E-state index in [0.717, 1.165) is 23.2 Å². The van der Waals surface area contributed by atoms with E-state index in [1.165, 1.54) is 12.1 Å². The molecule has 0 saturated heterocycles. The van der Waals surface area contributed by atoms with E-state index in [2.05, 4.69) is 15.4 Å². The lowest BCUT2D eigenvalue weighted by atomic mass is 10.2. The number of halogens is 2. The third-order valence-corrected chi connectivity index (χ3v) is 3.85. The summed E-state index contributed by atoms with van der Waals surface area (Å²) in [6.45, 7) is 0. The van der Waals surface area contributed by atoms with Gasteiger partial charge in [0.1, 0.15) is 16.7 Å². The second kappa shape index (κ2) is 5.63. The highest BCUT2D eigenvalue weighted by Gasteiger charge is 2.11. The average molecular weight is 304 g/mol. The number of aromatic nitrogens is 2. The van der Waals surface area contributed by atoms with Crippen LogP contribution in [0.3, 0.4) is 0 Å². The molecule has 3 aromatic rings. The van der Waals surface area contributed by atoms with Gasteiger partial charge in [-0.05, 0) is 18.2 Å². The molecular formula is C14H10F2N4S. The number of hydrazine groups is 1.